The molecule has 14 heteroatoms. The summed E-state index contributed by atoms with van der Waals surface area (Å²) < 4.78 is 56.4. The van der Waals surface area contributed by atoms with Crippen LogP contribution in [0.15, 0.2) is 59.8 Å². The normalized spacial score (nSPS) is 14.1. The van der Waals surface area contributed by atoms with Gasteiger partial charge in [0, 0.05) is 37.4 Å². The zero-order valence-corrected chi connectivity index (χ0v) is 26.2. The lowest BCUT2D eigenvalue weighted by atomic mass is 10.1. The number of benzene rings is 3. The number of carbonyl (C=O) groups is 1. The molecule has 1 aliphatic heterocycles. The highest BCUT2D eigenvalue weighted by Crippen LogP contribution is 2.37. The molecule has 0 aliphatic carbocycles. The Balaban J connectivity index is 1.21. The third-order valence-corrected chi connectivity index (χ3v) is 9.27. The number of fused-ring (bicyclic) bond motifs is 1. The molecule has 0 saturated carbocycles. The predicted molar refractivity (Wildman–Crippen MR) is 165 cm³/mol. The van der Waals surface area contributed by atoms with Crippen molar-refractivity contribution in [2.75, 3.05) is 32.1 Å². The zero-order chi connectivity index (χ0) is 31.4. The average Bonchev–Trinajstić information content (AvgIpc) is 3.01. The van der Waals surface area contributed by atoms with Crippen molar-refractivity contribution in [2.24, 2.45) is 0 Å². The van der Waals surface area contributed by atoms with Gasteiger partial charge in [0.15, 0.2) is 17.3 Å². The monoisotopic (exact) mass is 662 g/mol. The largest absolute Gasteiger partial charge is 0.493 e. The first-order chi connectivity index (χ1) is 21.1. The molecule has 1 aliphatic rings. The molecule has 232 valence electrons. The van der Waals surface area contributed by atoms with E-state index in [1.807, 2.05) is 6.92 Å². The molecule has 0 unspecified atom stereocenters. The summed E-state index contributed by atoms with van der Waals surface area (Å²) in [7, 11) is -2.43. The van der Waals surface area contributed by atoms with Gasteiger partial charge in [0.1, 0.15) is 18.2 Å². The van der Waals surface area contributed by atoms with Gasteiger partial charge in [0.25, 0.3) is 10.1 Å². The number of nitrogens with one attached hydrogen (secondary N) is 1. The molecule has 5 rings (SSSR count). The van der Waals surface area contributed by atoms with E-state index in [1.54, 1.807) is 29.2 Å². The van der Waals surface area contributed by atoms with E-state index in [9.17, 15) is 17.6 Å². The van der Waals surface area contributed by atoms with Crippen LogP contribution < -0.4 is 14.8 Å². The van der Waals surface area contributed by atoms with Crippen LogP contribution >= 0.6 is 23.2 Å². The van der Waals surface area contributed by atoms with Gasteiger partial charge >= 0.3 is 0 Å². The lowest BCUT2D eigenvalue weighted by Crippen LogP contribution is -2.42. The minimum atomic E-state index is -3.94. The molecule has 2 heterocycles. The molecule has 10 nitrogen and oxygen atoms in total. The number of aryl methyl sites for hydroxylation is 1. The van der Waals surface area contributed by atoms with Crippen molar-refractivity contribution < 1.29 is 31.3 Å². The highest BCUT2D eigenvalue weighted by Gasteiger charge is 2.26. The number of anilines is 2. The summed E-state index contributed by atoms with van der Waals surface area (Å²) in [5.74, 6) is 0.303. The third-order valence-electron chi connectivity index (χ3n) is 7.16. The van der Waals surface area contributed by atoms with Gasteiger partial charge in [-0.05, 0) is 37.3 Å². The molecule has 0 bridgehead atoms. The maximum absolute atomic E-state index is 14.7. The number of nitrogens with zero attached hydrogens (tertiary/aromatic N) is 3. The van der Waals surface area contributed by atoms with Gasteiger partial charge in [0.05, 0.1) is 46.3 Å². The van der Waals surface area contributed by atoms with Gasteiger partial charge in [-0.2, -0.15) is 8.42 Å². The number of hydrogen-bond acceptors (Lipinski definition) is 9. The van der Waals surface area contributed by atoms with E-state index < -0.39 is 15.9 Å². The molecule has 44 heavy (non-hydrogen) atoms. The van der Waals surface area contributed by atoms with Crippen molar-refractivity contribution in [1.29, 1.82) is 0 Å². The van der Waals surface area contributed by atoms with Crippen molar-refractivity contribution in [3.05, 3.63) is 76.3 Å². The second-order valence-electron chi connectivity index (χ2n) is 10.1. The third kappa shape index (κ3) is 7.15. The maximum atomic E-state index is 14.7. The Morgan fingerprint density at radius 2 is 1.80 bits per heavy atom. The molecule has 1 fully saturated rings. The summed E-state index contributed by atoms with van der Waals surface area (Å²) in [4.78, 5) is 23.1. The number of methoxy groups -OCH3 is 1. The van der Waals surface area contributed by atoms with Gasteiger partial charge in [-0.3, -0.25) is 8.98 Å². The van der Waals surface area contributed by atoms with Crippen LogP contribution in [0.4, 0.5) is 15.9 Å². The molecular weight excluding hydrogens is 634 g/mol. The number of halogens is 3. The Labute approximate surface area is 264 Å². The van der Waals surface area contributed by atoms with Crippen LogP contribution in [0.25, 0.3) is 10.9 Å². The predicted octanol–water partition coefficient (Wildman–Crippen LogP) is 6.30. The molecule has 4 aromatic rings. The highest BCUT2D eigenvalue weighted by atomic mass is 35.5. The van der Waals surface area contributed by atoms with Crippen molar-refractivity contribution in [1.82, 2.24) is 14.9 Å². The van der Waals surface area contributed by atoms with Crippen LogP contribution in [0.1, 0.15) is 24.8 Å². The Morgan fingerprint density at radius 3 is 2.50 bits per heavy atom. The molecule has 0 spiro atoms. The molecule has 1 N–H and O–H groups in total. The number of ether oxygens (including phenoxy) is 2. The van der Waals surface area contributed by atoms with Gasteiger partial charge in [-0.15, -0.1) is 0 Å². The van der Waals surface area contributed by atoms with E-state index in [-0.39, 0.29) is 45.7 Å². The minimum absolute atomic E-state index is 0.0497. The lowest BCUT2D eigenvalue weighted by Gasteiger charge is -2.32. The van der Waals surface area contributed by atoms with Gasteiger partial charge in [-0.1, -0.05) is 40.9 Å². The van der Waals surface area contributed by atoms with Crippen LogP contribution in [0.5, 0.6) is 11.5 Å². The van der Waals surface area contributed by atoms with Crippen molar-refractivity contribution in [3.63, 3.8) is 0 Å². The van der Waals surface area contributed by atoms with E-state index in [0.29, 0.717) is 54.2 Å². The smallest absolute Gasteiger partial charge is 0.296 e. The first-order valence-corrected chi connectivity index (χ1v) is 15.9. The second kappa shape index (κ2) is 13.5. The number of piperidine rings is 1. The van der Waals surface area contributed by atoms with Gasteiger partial charge < -0.3 is 19.7 Å². The first-order valence-electron chi connectivity index (χ1n) is 13.7. The van der Waals surface area contributed by atoms with Gasteiger partial charge in [0.2, 0.25) is 5.91 Å². The Kier molecular flexibility index (Phi) is 9.74. The van der Waals surface area contributed by atoms with Crippen molar-refractivity contribution >= 4 is 61.6 Å². The van der Waals surface area contributed by atoms with Crippen molar-refractivity contribution in [3.8, 4) is 11.5 Å². The molecule has 1 amide bonds. The number of aromatic nitrogens is 2. The number of rotatable bonds is 10. The molecule has 1 aromatic heterocycles. The summed E-state index contributed by atoms with van der Waals surface area (Å²) >= 11 is 11.9. The molecular formula is C30H29Cl2FN4O6S. The number of hydrogen-bond donors (Lipinski definition) is 1. The standard InChI is InChI=1S/C30H29Cl2FN4O6S/c1-18-3-5-20(6-4-18)44(39,40)42-14-11-27(38)37-12-9-19(10-13-37)43-26-15-21-24(16-25(26)41-2)34-17-35-30(21)36-23-8-7-22(31)28(32)29(23)33/h3-8,15-17,19H,9-14H2,1-2H3,(H,34,35,36). The SMILES string of the molecule is COc1cc2ncnc(Nc3ccc(Cl)c(Cl)c3F)c2cc1OC1CCN(C(=O)CCOS(=O)(=O)c2ccc(C)cc2)CC1. The summed E-state index contributed by atoms with van der Waals surface area (Å²) in [6.07, 6.45) is 2.14. The topological polar surface area (TPSA) is 120 Å². The molecule has 1 saturated heterocycles. The number of likely N-dealkylation sites (tertiary alicyclic amines) is 1. The van der Waals surface area contributed by atoms with Crippen LogP contribution in [-0.2, 0) is 19.1 Å². The fourth-order valence-electron chi connectivity index (χ4n) is 4.74. The number of amides is 1. The quantitative estimate of drug-likeness (QED) is 0.154. The lowest BCUT2D eigenvalue weighted by molar-refractivity contribution is -0.133. The van der Waals surface area contributed by atoms with E-state index in [4.69, 9.17) is 36.9 Å². The number of carbonyl (C=O) groups excluding carboxylic acids is 1. The minimum Gasteiger partial charge on any atom is -0.493 e. The maximum Gasteiger partial charge on any atom is 0.296 e. The fourth-order valence-corrected chi connectivity index (χ4v) is 5.96. The Hall–Kier alpha value is -3.71. The summed E-state index contributed by atoms with van der Waals surface area (Å²) in [6, 6.07) is 12.7. The highest BCUT2D eigenvalue weighted by molar-refractivity contribution is 7.86. The molecule has 0 radical (unpaired) electrons. The van der Waals surface area contributed by atoms with E-state index in [2.05, 4.69) is 15.3 Å². The molecule has 0 atom stereocenters. The zero-order valence-electron chi connectivity index (χ0n) is 23.8. The summed E-state index contributed by atoms with van der Waals surface area (Å²) in [6.45, 7) is 2.47. The summed E-state index contributed by atoms with van der Waals surface area (Å²) in [5, 5.41) is 3.40. The summed E-state index contributed by atoms with van der Waals surface area (Å²) in [5.41, 5.74) is 1.56. The first kappa shape index (κ1) is 31.7. The second-order valence-corrected chi connectivity index (χ2v) is 12.5. The Morgan fingerprint density at radius 1 is 1.07 bits per heavy atom. The van der Waals surface area contributed by atoms with Crippen LogP contribution in [-0.4, -0.2) is 62.1 Å². The fraction of sp³-hybridized carbons (Fsp3) is 0.300. The van der Waals surface area contributed by atoms with Crippen molar-refractivity contribution in [2.45, 2.75) is 37.2 Å². The average molecular weight is 664 g/mol. The van der Waals surface area contributed by atoms with Gasteiger partial charge in [-0.25, -0.2) is 14.4 Å². The van der Waals surface area contributed by atoms with Crippen LogP contribution in [0, 0.1) is 12.7 Å². The Bertz CT molecular complexity index is 1790. The van der Waals surface area contributed by atoms with E-state index in [0.717, 1.165) is 5.56 Å². The van der Waals surface area contributed by atoms with Crippen LogP contribution in [0.3, 0.4) is 0 Å². The molecule has 3 aromatic carbocycles. The van der Waals surface area contributed by atoms with Crippen LogP contribution in [0.2, 0.25) is 10.0 Å². The van der Waals surface area contributed by atoms with E-state index in [1.165, 1.54) is 37.7 Å². The van der Waals surface area contributed by atoms with E-state index >= 15 is 0 Å².